The second-order valence-corrected chi connectivity index (χ2v) is 11.0. The van der Waals surface area contributed by atoms with Crippen molar-refractivity contribution in [1.82, 2.24) is 5.32 Å². The SMILES string of the molecule is COc1cc(/C=C2\C(=O)NC(=O)N(c3ccc(OCc4ccc(Cl)cc4Cl)cc3)C2=O)cc(Br)c1OCc1ccccc1. The number of halogens is 3. The Morgan fingerprint density at radius 3 is 2.33 bits per heavy atom. The summed E-state index contributed by atoms with van der Waals surface area (Å²) < 4.78 is 17.8. The summed E-state index contributed by atoms with van der Waals surface area (Å²) >= 11 is 15.6. The quantitative estimate of drug-likeness (QED) is 0.145. The second-order valence-electron chi connectivity index (χ2n) is 9.28. The first kappa shape index (κ1) is 30.2. The average molecular weight is 682 g/mol. The molecule has 0 saturated carbocycles. The van der Waals surface area contributed by atoms with E-state index in [1.165, 1.54) is 13.2 Å². The number of carbonyl (C=O) groups is 3. The van der Waals surface area contributed by atoms with Gasteiger partial charge in [-0.05, 0) is 81.7 Å². The largest absolute Gasteiger partial charge is 0.493 e. The van der Waals surface area contributed by atoms with E-state index in [0.717, 1.165) is 16.0 Å². The molecule has 0 aliphatic carbocycles. The molecule has 0 spiro atoms. The van der Waals surface area contributed by atoms with Crippen LogP contribution in [-0.4, -0.2) is 25.0 Å². The summed E-state index contributed by atoms with van der Waals surface area (Å²) in [4.78, 5) is 39.8. The standard InChI is InChI=1S/C32H23BrCl2N2O6/c1-41-28-15-20(14-26(33)29(28)43-17-19-5-3-2-4-6-19)13-25-30(38)36-32(40)37(31(25)39)23-9-11-24(12-10-23)42-18-21-7-8-22(34)16-27(21)35/h2-16H,17-18H2,1H3,(H,36,38,40)/b25-13+. The lowest BCUT2D eigenvalue weighted by atomic mass is 10.1. The van der Waals surface area contributed by atoms with Crippen LogP contribution in [0.2, 0.25) is 10.0 Å². The third-order valence-electron chi connectivity index (χ3n) is 6.39. The van der Waals surface area contributed by atoms with E-state index in [1.54, 1.807) is 54.6 Å². The van der Waals surface area contributed by atoms with Crippen molar-refractivity contribution < 1.29 is 28.6 Å². The molecule has 43 heavy (non-hydrogen) atoms. The topological polar surface area (TPSA) is 94.2 Å². The van der Waals surface area contributed by atoms with Crippen LogP contribution < -0.4 is 24.4 Å². The highest BCUT2D eigenvalue weighted by Gasteiger charge is 2.37. The van der Waals surface area contributed by atoms with Crippen molar-refractivity contribution in [2.24, 2.45) is 0 Å². The fraction of sp³-hybridized carbons (Fsp3) is 0.0938. The van der Waals surface area contributed by atoms with Crippen molar-refractivity contribution in [3.05, 3.63) is 122 Å². The zero-order chi connectivity index (χ0) is 30.5. The Labute approximate surface area is 265 Å². The minimum atomic E-state index is -0.864. The van der Waals surface area contributed by atoms with E-state index in [0.29, 0.717) is 43.9 Å². The van der Waals surface area contributed by atoms with Gasteiger partial charge in [-0.15, -0.1) is 0 Å². The lowest BCUT2D eigenvalue weighted by Gasteiger charge is -2.26. The molecule has 0 bridgehead atoms. The van der Waals surface area contributed by atoms with Gasteiger partial charge in [0.25, 0.3) is 11.8 Å². The van der Waals surface area contributed by atoms with Crippen molar-refractivity contribution >= 4 is 68.7 Å². The van der Waals surface area contributed by atoms with Gasteiger partial charge in [-0.25, -0.2) is 9.69 Å². The van der Waals surface area contributed by atoms with Crippen LogP contribution in [0.3, 0.4) is 0 Å². The molecular formula is C32H23BrCl2N2O6. The normalized spacial score (nSPS) is 14.1. The third kappa shape index (κ3) is 7.02. The zero-order valence-electron chi connectivity index (χ0n) is 22.6. The highest BCUT2D eigenvalue weighted by Crippen LogP contribution is 2.38. The molecule has 4 aromatic rings. The Morgan fingerprint density at radius 1 is 0.884 bits per heavy atom. The Balaban J connectivity index is 1.34. The van der Waals surface area contributed by atoms with Crippen LogP contribution in [0.5, 0.6) is 17.2 Å². The maximum absolute atomic E-state index is 13.4. The van der Waals surface area contributed by atoms with Crippen LogP contribution in [-0.2, 0) is 22.8 Å². The number of imide groups is 2. The van der Waals surface area contributed by atoms with E-state index in [2.05, 4.69) is 21.2 Å². The number of ether oxygens (including phenoxy) is 3. The number of anilines is 1. The van der Waals surface area contributed by atoms with Crippen LogP contribution in [0.4, 0.5) is 10.5 Å². The molecule has 5 rings (SSSR count). The molecule has 1 saturated heterocycles. The van der Waals surface area contributed by atoms with E-state index in [1.807, 2.05) is 30.3 Å². The van der Waals surface area contributed by atoms with Crippen molar-refractivity contribution in [3.8, 4) is 17.2 Å². The molecule has 218 valence electrons. The van der Waals surface area contributed by atoms with Crippen molar-refractivity contribution in [2.45, 2.75) is 13.2 Å². The van der Waals surface area contributed by atoms with Gasteiger partial charge in [0.1, 0.15) is 24.5 Å². The number of methoxy groups -OCH3 is 1. The number of nitrogens with one attached hydrogen (secondary N) is 1. The van der Waals surface area contributed by atoms with E-state index in [9.17, 15) is 14.4 Å². The maximum atomic E-state index is 13.4. The van der Waals surface area contributed by atoms with Crippen LogP contribution in [0.25, 0.3) is 6.08 Å². The van der Waals surface area contributed by atoms with Gasteiger partial charge in [-0.3, -0.25) is 14.9 Å². The molecular weight excluding hydrogens is 659 g/mol. The fourth-order valence-corrected chi connectivity index (χ4v) is 5.28. The van der Waals surface area contributed by atoms with Gasteiger partial charge in [-0.1, -0.05) is 59.6 Å². The summed E-state index contributed by atoms with van der Waals surface area (Å²) in [7, 11) is 1.49. The number of carbonyl (C=O) groups excluding carboxylic acids is 3. The maximum Gasteiger partial charge on any atom is 0.335 e. The van der Waals surface area contributed by atoms with Gasteiger partial charge in [-0.2, -0.15) is 0 Å². The van der Waals surface area contributed by atoms with Crippen LogP contribution >= 0.6 is 39.1 Å². The summed E-state index contributed by atoms with van der Waals surface area (Å²) in [6.07, 6.45) is 1.39. The summed E-state index contributed by atoms with van der Waals surface area (Å²) in [6, 6.07) is 23.5. The summed E-state index contributed by atoms with van der Waals surface area (Å²) in [6.45, 7) is 0.502. The summed E-state index contributed by atoms with van der Waals surface area (Å²) in [5.74, 6) is -0.256. The predicted molar refractivity (Wildman–Crippen MR) is 168 cm³/mol. The number of benzene rings is 4. The number of nitrogens with zero attached hydrogens (tertiary/aromatic N) is 1. The molecule has 0 aromatic heterocycles. The number of hydrogen-bond donors (Lipinski definition) is 1. The van der Waals surface area contributed by atoms with Crippen molar-refractivity contribution in [3.63, 3.8) is 0 Å². The average Bonchev–Trinajstić information content (AvgIpc) is 2.99. The number of rotatable bonds is 9. The molecule has 8 nitrogen and oxygen atoms in total. The number of hydrogen-bond acceptors (Lipinski definition) is 6. The number of amides is 4. The van der Waals surface area contributed by atoms with Gasteiger partial charge >= 0.3 is 6.03 Å². The van der Waals surface area contributed by atoms with Gasteiger partial charge in [0.05, 0.1) is 17.3 Å². The molecule has 1 heterocycles. The number of urea groups is 1. The lowest BCUT2D eigenvalue weighted by molar-refractivity contribution is -0.122. The molecule has 1 aliphatic rings. The first-order valence-corrected chi connectivity index (χ1v) is 14.4. The Morgan fingerprint density at radius 2 is 1.63 bits per heavy atom. The van der Waals surface area contributed by atoms with Gasteiger partial charge in [0.15, 0.2) is 11.5 Å². The molecule has 4 amide bonds. The number of barbiturate groups is 1. The fourth-order valence-electron chi connectivity index (χ4n) is 4.24. The minimum absolute atomic E-state index is 0.189. The minimum Gasteiger partial charge on any atom is -0.493 e. The molecule has 0 radical (unpaired) electrons. The van der Waals surface area contributed by atoms with E-state index in [4.69, 9.17) is 37.4 Å². The molecule has 1 N–H and O–H groups in total. The molecule has 1 aliphatic heterocycles. The Hall–Kier alpha value is -4.31. The molecule has 4 aromatic carbocycles. The first-order valence-electron chi connectivity index (χ1n) is 12.9. The molecule has 0 atom stereocenters. The van der Waals surface area contributed by atoms with Crippen molar-refractivity contribution in [2.75, 3.05) is 12.0 Å². The Bertz CT molecular complexity index is 1730. The monoisotopic (exact) mass is 680 g/mol. The first-order chi connectivity index (χ1) is 20.7. The highest BCUT2D eigenvalue weighted by atomic mass is 79.9. The van der Waals surface area contributed by atoms with E-state index < -0.39 is 17.8 Å². The molecule has 1 fully saturated rings. The Kier molecular flexibility index (Phi) is 9.35. The lowest BCUT2D eigenvalue weighted by Crippen LogP contribution is -2.54. The van der Waals surface area contributed by atoms with Gasteiger partial charge in [0.2, 0.25) is 0 Å². The summed E-state index contributed by atoms with van der Waals surface area (Å²) in [5.41, 5.74) is 2.22. The second kappa shape index (κ2) is 13.3. The van der Waals surface area contributed by atoms with Gasteiger partial charge < -0.3 is 14.2 Å². The highest BCUT2D eigenvalue weighted by molar-refractivity contribution is 9.10. The molecule has 11 heteroatoms. The molecule has 0 unspecified atom stereocenters. The van der Waals surface area contributed by atoms with Crippen molar-refractivity contribution in [1.29, 1.82) is 0 Å². The van der Waals surface area contributed by atoms with E-state index >= 15 is 0 Å². The van der Waals surface area contributed by atoms with Gasteiger partial charge in [0, 0.05) is 15.6 Å². The summed E-state index contributed by atoms with van der Waals surface area (Å²) in [5, 5.41) is 3.22. The zero-order valence-corrected chi connectivity index (χ0v) is 25.7. The third-order valence-corrected chi connectivity index (χ3v) is 7.57. The van der Waals surface area contributed by atoms with Crippen LogP contribution in [0.15, 0.2) is 95.0 Å². The predicted octanol–water partition coefficient (Wildman–Crippen LogP) is 7.59. The smallest absolute Gasteiger partial charge is 0.335 e. The van der Waals surface area contributed by atoms with Crippen LogP contribution in [0.1, 0.15) is 16.7 Å². The van der Waals surface area contributed by atoms with Crippen LogP contribution in [0, 0.1) is 0 Å². The van der Waals surface area contributed by atoms with E-state index in [-0.39, 0.29) is 17.9 Å².